The number of nitrogens with two attached hydrogens (primary N) is 1. The normalized spacial score (nSPS) is 7.45. The number of carboxylic acids is 1. The third kappa shape index (κ3) is 52.9. The Morgan fingerprint density at radius 3 is 2.00 bits per heavy atom. The highest BCUT2D eigenvalue weighted by molar-refractivity contribution is 5.71. The van der Waals surface area contributed by atoms with Crippen LogP contribution < -0.4 is 11.1 Å². The summed E-state index contributed by atoms with van der Waals surface area (Å²) in [6.07, 6.45) is 0.933. The Labute approximate surface area is 65.6 Å². The molecule has 0 aliphatic rings. The standard InChI is InChI=1S/C4H10N2O.C2H4O2/c1-2-3-6-4(5)7;1-2(3)4/h2-3H2,1H3,(H3,5,6,7);1H3,(H,3,4). The van der Waals surface area contributed by atoms with Crippen LogP contribution in [0, 0.1) is 0 Å². The average molecular weight is 162 g/mol. The molecule has 0 aliphatic heterocycles. The van der Waals surface area contributed by atoms with Gasteiger partial charge in [0.1, 0.15) is 0 Å². The first-order valence-corrected chi connectivity index (χ1v) is 3.23. The predicted octanol–water partition coefficient (Wildman–Crippen LogP) is 0.156. The van der Waals surface area contributed by atoms with Crippen molar-refractivity contribution in [1.29, 1.82) is 0 Å². The van der Waals surface area contributed by atoms with Gasteiger partial charge < -0.3 is 16.2 Å². The molecule has 0 spiro atoms. The van der Waals surface area contributed by atoms with Gasteiger partial charge in [-0.2, -0.15) is 0 Å². The fourth-order valence-corrected chi connectivity index (χ4v) is 0.248. The molecule has 0 saturated carbocycles. The Hall–Kier alpha value is -1.26. The van der Waals surface area contributed by atoms with Crippen LogP contribution in [0.3, 0.4) is 0 Å². The van der Waals surface area contributed by atoms with Crippen LogP contribution in [0.25, 0.3) is 0 Å². The van der Waals surface area contributed by atoms with Crippen LogP contribution in [0.5, 0.6) is 0 Å². The fourth-order valence-electron chi connectivity index (χ4n) is 0.248. The van der Waals surface area contributed by atoms with E-state index in [2.05, 4.69) is 5.32 Å². The number of primary amides is 1. The molecular weight excluding hydrogens is 148 g/mol. The second-order valence-corrected chi connectivity index (χ2v) is 1.81. The van der Waals surface area contributed by atoms with E-state index in [1.165, 1.54) is 0 Å². The van der Waals surface area contributed by atoms with E-state index in [9.17, 15) is 4.79 Å². The minimum atomic E-state index is -0.833. The molecule has 0 atom stereocenters. The Balaban J connectivity index is 0. The number of rotatable bonds is 2. The summed E-state index contributed by atoms with van der Waals surface area (Å²) in [6.45, 7) is 3.73. The maximum atomic E-state index is 9.87. The molecule has 0 saturated heterocycles. The molecule has 0 aliphatic carbocycles. The zero-order chi connectivity index (χ0) is 9.28. The van der Waals surface area contributed by atoms with Gasteiger partial charge >= 0.3 is 6.03 Å². The van der Waals surface area contributed by atoms with Crippen LogP contribution >= 0.6 is 0 Å². The Bertz CT molecular complexity index is 121. The second-order valence-electron chi connectivity index (χ2n) is 1.81. The lowest BCUT2D eigenvalue weighted by Crippen LogP contribution is -2.29. The lowest BCUT2D eigenvalue weighted by molar-refractivity contribution is -0.134. The molecule has 0 unspecified atom stereocenters. The van der Waals surface area contributed by atoms with Crippen molar-refractivity contribution in [3.05, 3.63) is 0 Å². The highest BCUT2D eigenvalue weighted by Gasteiger charge is 1.83. The summed E-state index contributed by atoms with van der Waals surface area (Å²) in [5, 5.41) is 9.85. The van der Waals surface area contributed by atoms with Crippen molar-refractivity contribution >= 4 is 12.0 Å². The first-order chi connectivity index (χ1) is 5.00. The van der Waals surface area contributed by atoms with E-state index in [0.717, 1.165) is 13.3 Å². The maximum Gasteiger partial charge on any atom is 0.312 e. The molecule has 0 bridgehead atoms. The third-order valence-corrected chi connectivity index (χ3v) is 0.549. The molecule has 11 heavy (non-hydrogen) atoms. The van der Waals surface area contributed by atoms with Crippen molar-refractivity contribution in [3.8, 4) is 0 Å². The van der Waals surface area contributed by atoms with Crippen LogP contribution in [-0.4, -0.2) is 23.7 Å². The monoisotopic (exact) mass is 162 g/mol. The van der Waals surface area contributed by atoms with E-state index in [0.29, 0.717) is 6.54 Å². The van der Waals surface area contributed by atoms with Gasteiger partial charge in [-0.05, 0) is 6.42 Å². The van der Waals surface area contributed by atoms with E-state index in [1.807, 2.05) is 6.92 Å². The van der Waals surface area contributed by atoms with Crippen LogP contribution in [0.4, 0.5) is 4.79 Å². The quantitative estimate of drug-likeness (QED) is 0.539. The second kappa shape index (κ2) is 8.74. The summed E-state index contributed by atoms with van der Waals surface area (Å²) in [5.41, 5.74) is 4.73. The van der Waals surface area contributed by atoms with Gasteiger partial charge in [0.15, 0.2) is 0 Å². The van der Waals surface area contributed by atoms with Gasteiger partial charge in [-0.25, -0.2) is 4.79 Å². The number of hydrogen-bond acceptors (Lipinski definition) is 2. The molecule has 0 rings (SSSR count). The number of carbonyl (C=O) groups excluding carboxylic acids is 1. The molecular formula is C6H14N2O3. The maximum absolute atomic E-state index is 9.87. The molecule has 0 heterocycles. The van der Waals surface area contributed by atoms with Gasteiger partial charge in [0.05, 0.1) is 0 Å². The van der Waals surface area contributed by atoms with Gasteiger partial charge in [0.25, 0.3) is 5.97 Å². The summed E-state index contributed by atoms with van der Waals surface area (Å²) in [7, 11) is 0. The topological polar surface area (TPSA) is 92.4 Å². The average Bonchev–Trinajstić information content (AvgIpc) is 1.82. The largest absolute Gasteiger partial charge is 0.481 e. The van der Waals surface area contributed by atoms with Crippen molar-refractivity contribution in [2.45, 2.75) is 20.3 Å². The zero-order valence-corrected chi connectivity index (χ0v) is 6.76. The first kappa shape index (κ1) is 12.4. The van der Waals surface area contributed by atoms with Crippen molar-refractivity contribution in [1.82, 2.24) is 5.32 Å². The molecule has 5 nitrogen and oxygen atoms in total. The van der Waals surface area contributed by atoms with Gasteiger partial charge in [-0.15, -0.1) is 0 Å². The molecule has 0 fully saturated rings. The number of urea groups is 1. The number of carbonyl (C=O) groups is 2. The zero-order valence-electron chi connectivity index (χ0n) is 6.76. The molecule has 5 heteroatoms. The lowest BCUT2D eigenvalue weighted by Gasteiger charge is -1.93. The van der Waals surface area contributed by atoms with Crippen molar-refractivity contribution in [2.75, 3.05) is 6.54 Å². The lowest BCUT2D eigenvalue weighted by atomic mass is 10.5. The molecule has 0 aromatic rings. The summed E-state index contributed by atoms with van der Waals surface area (Å²) in [5.74, 6) is -0.833. The van der Waals surface area contributed by atoms with E-state index in [4.69, 9.17) is 15.6 Å². The summed E-state index contributed by atoms with van der Waals surface area (Å²) in [4.78, 5) is 18.9. The van der Waals surface area contributed by atoms with E-state index in [-0.39, 0.29) is 0 Å². The van der Waals surface area contributed by atoms with E-state index >= 15 is 0 Å². The summed E-state index contributed by atoms with van der Waals surface area (Å²) < 4.78 is 0. The summed E-state index contributed by atoms with van der Waals surface area (Å²) >= 11 is 0. The van der Waals surface area contributed by atoms with Crippen LogP contribution in [-0.2, 0) is 4.79 Å². The van der Waals surface area contributed by atoms with E-state index < -0.39 is 12.0 Å². The van der Waals surface area contributed by atoms with Crippen LogP contribution in [0.1, 0.15) is 20.3 Å². The molecule has 2 amide bonds. The third-order valence-electron chi connectivity index (χ3n) is 0.549. The fraction of sp³-hybridized carbons (Fsp3) is 0.667. The number of carboxylic acid groups (broad SMARTS) is 1. The molecule has 0 radical (unpaired) electrons. The van der Waals surface area contributed by atoms with Crippen molar-refractivity contribution in [3.63, 3.8) is 0 Å². The molecule has 66 valence electrons. The van der Waals surface area contributed by atoms with E-state index in [1.54, 1.807) is 0 Å². The first-order valence-electron chi connectivity index (χ1n) is 3.23. The summed E-state index contributed by atoms with van der Waals surface area (Å²) in [6, 6.07) is -0.443. The van der Waals surface area contributed by atoms with Crippen molar-refractivity contribution in [2.24, 2.45) is 5.73 Å². The smallest absolute Gasteiger partial charge is 0.312 e. The molecule has 4 N–H and O–H groups in total. The molecule has 0 aromatic carbocycles. The highest BCUT2D eigenvalue weighted by atomic mass is 16.4. The molecule has 0 aromatic heterocycles. The highest BCUT2D eigenvalue weighted by Crippen LogP contribution is 1.66. The number of nitrogens with one attached hydrogen (secondary N) is 1. The van der Waals surface area contributed by atoms with Gasteiger partial charge in [0.2, 0.25) is 0 Å². The van der Waals surface area contributed by atoms with Crippen LogP contribution in [0.2, 0.25) is 0 Å². The Morgan fingerprint density at radius 2 is 1.91 bits per heavy atom. The number of hydrogen-bond donors (Lipinski definition) is 3. The number of amides is 2. The van der Waals surface area contributed by atoms with Crippen molar-refractivity contribution < 1.29 is 14.7 Å². The Morgan fingerprint density at radius 1 is 1.55 bits per heavy atom. The number of aliphatic carboxylic acids is 1. The Kier molecular flexibility index (Phi) is 9.87. The van der Waals surface area contributed by atoms with Gasteiger partial charge in [0, 0.05) is 13.5 Å². The minimum absolute atomic E-state index is 0.443. The predicted molar refractivity (Wildman–Crippen MR) is 41.2 cm³/mol. The SMILES string of the molecule is CC(=O)O.CCCNC(N)=O. The minimum Gasteiger partial charge on any atom is -0.481 e. The van der Waals surface area contributed by atoms with Crippen LogP contribution in [0.15, 0.2) is 0 Å². The van der Waals surface area contributed by atoms with Gasteiger partial charge in [-0.3, -0.25) is 4.79 Å². The van der Waals surface area contributed by atoms with Gasteiger partial charge in [-0.1, -0.05) is 6.92 Å².